The average molecular weight is 234 g/mol. The summed E-state index contributed by atoms with van der Waals surface area (Å²) < 4.78 is 21.1. The first-order valence-electron chi connectivity index (χ1n) is 6.22. The molecule has 0 aliphatic rings. The quantitative estimate of drug-likeness (QED) is 0.456. The van der Waals surface area contributed by atoms with Crippen LogP contribution < -0.4 is 0 Å². The van der Waals surface area contributed by atoms with Gasteiger partial charge in [-0.2, -0.15) is 0 Å². The van der Waals surface area contributed by atoms with E-state index in [2.05, 4.69) is 0 Å². The smallest absolute Gasteiger partial charge is 0.0700 e. The van der Waals surface area contributed by atoms with Crippen molar-refractivity contribution in [3.05, 3.63) is 0 Å². The zero-order chi connectivity index (χ0) is 11.9. The van der Waals surface area contributed by atoms with Crippen LogP contribution in [0.1, 0.15) is 26.7 Å². The first-order chi connectivity index (χ1) is 7.91. The molecule has 4 heteroatoms. The van der Waals surface area contributed by atoms with Crippen LogP contribution in [-0.4, -0.2) is 52.9 Å². The zero-order valence-electron chi connectivity index (χ0n) is 10.7. The van der Waals surface area contributed by atoms with Crippen LogP contribution in [0.25, 0.3) is 0 Å². The summed E-state index contributed by atoms with van der Waals surface area (Å²) in [7, 11) is 0. The summed E-state index contributed by atoms with van der Waals surface area (Å²) in [6.07, 6.45) is 2.08. The summed E-state index contributed by atoms with van der Waals surface area (Å²) in [5.41, 5.74) is 0. The maximum Gasteiger partial charge on any atom is 0.0700 e. The van der Waals surface area contributed by atoms with Gasteiger partial charge in [-0.1, -0.05) is 0 Å². The van der Waals surface area contributed by atoms with Crippen LogP contribution in [-0.2, 0) is 18.9 Å². The highest BCUT2D eigenvalue weighted by Crippen LogP contribution is 1.92. The molecule has 0 aliphatic carbocycles. The van der Waals surface area contributed by atoms with Crippen molar-refractivity contribution in [2.45, 2.75) is 26.7 Å². The van der Waals surface area contributed by atoms with Crippen molar-refractivity contribution in [1.29, 1.82) is 0 Å². The predicted octanol–water partition coefficient (Wildman–Crippen LogP) is 1.87. The Bertz CT molecular complexity index is 106. The van der Waals surface area contributed by atoms with E-state index in [0.717, 1.165) is 39.3 Å². The molecule has 0 aromatic rings. The Morgan fingerprint density at radius 1 is 0.500 bits per heavy atom. The van der Waals surface area contributed by atoms with E-state index in [4.69, 9.17) is 18.9 Å². The highest BCUT2D eigenvalue weighted by molar-refractivity contribution is 4.39. The molecular weight excluding hydrogens is 208 g/mol. The summed E-state index contributed by atoms with van der Waals surface area (Å²) in [6, 6.07) is 0. The van der Waals surface area contributed by atoms with Crippen LogP contribution in [0.3, 0.4) is 0 Å². The molecule has 0 aromatic heterocycles. The van der Waals surface area contributed by atoms with Crippen molar-refractivity contribution >= 4 is 0 Å². The fraction of sp³-hybridized carbons (Fsp3) is 1.00. The topological polar surface area (TPSA) is 36.9 Å². The molecule has 0 saturated carbocycles. The summed E-state index contributed by atoms with van der Waals surface area (Å²) in [5.74, 6) is 0. The Morgan fingerprint density at radius 3 is 1.25 bits per heavy atom. The minimum absolute atomic E-state index is 0.693. The largest absolute Gasteiger partial charge is 0.379 e. The molecule has 0 aliphatic heterocycles. The molecule has 16 heavy (non-hydrogen) atoms. The predicted molar refractivity (Wildman–Crippen MR) is 63.9 cm³/mol. The standard InChI is InChI=1S/C12H26O4/c1-3-13-9-11-15-7-5-6-8-16-12-10-14-4-2/h3-12H2,1-2H3. The van der Waals surface area contributed by atoms with Gasteiger partial charge in [0.15, 0.2) is 0 Å². The number of ether oxygens (including phenoxy) is 4. The van der Waals surface area contributed by atoms with Crippen molar-refractivity contribution in [2.75, 3.05) is 52.9 Å². The van der Waals surface area contributed by atoms with Gasteiger partial charge in [0, 0.05) is 26.4 Å². The Labute approximate surface area is 99.2 Å². The molecule has 0 amide bonds. The number of rotatable bonds is 13. The normalized spacial score (nSPS) is 10.9. The molecule has 98 valence electrons. The van der Waals surface area contributed by atoms with Crippen LogP contribution in [0.2, 0.25) is 0 Å². The summed E-state index contributed by atoms with van der Waals surface area (Å²) in [5, 5.41) is 0. The molecule has 4 nitrogen and oxygen atoms in total. The van der Waals surface area contributed by atoms with Gasteiger partial charge < -0.3 is 18.9 Å². The molecule has 0 bridgehead atoms. The highest BCUT2D eigenvalue weighted by Gasteiger charge is 1.91. The van der Waals surface area contributed by atoms with Crippen molar-refractivity contribution in [3.63, 3.8) is 0 Å². The molecule has 0 N–H and O–H groups in total. The molecule has 0 radical (unpaired) electrons. The second-order valence-corrected chi connectivity index (χ2v) is 3.33. The molecule has 0 rings (SSSR count). The van der Waals surface area contributed by atoms with Gasteiger partial charge in [0.25, 0.3) is 0 Å². The molecule has 0 unspecified atom stereocenters. The van der Waals surface area contributed by atoms with E-state index >= 15 is 0 Å². The van der Waals surface area contributed by atoms with E-state index in [1.54, 1.807) is 0 Å². The minimum Gasteiger partial charge on any atom is -0.379 e. The van der Waals surface area contributed by atoms with E-state index in [-0.39, 0.29) is 0 Å². The second-order valence-electron chi connectivity index (χ2n) is 3.33. The van der Waals surface area contributed by atoms with E-state index in [9.17, 15) is 0 Å². The van der Waals surface area contributed by atoms with Gasteiger partial charge >= 0.3 is 0 Å². The molecule has 0 atom stereocenters. The van der Waals surface area contributed by atoms with Crippen molar-refractivity contribution in [1.82, 2.24) is 0 Å². The average Bonchev–Trinajstić information content (AvgIpc) is 2.31. The number of hydrogen-bond donors (Lipinski definition) is 0. The third-order valence-electron chi connectivity index (χ3n) is 1.98. The lowest BCUT2D eigenvalue weighted by atomic mass is 10.3. The Morgan fingerprint density at radius 2 is 0.875 bits per heavy atom. The van der Waals surface area contributed by atoms with E-state index in [0.29, 0.717) is 26.4 Å². The third kappa shape index (κ3) is 13.8. The second kappa shape index (κ2) is 14.8. The van der Waals surface area contributed by atoms with Gasteiger partial charge in [-0.15, -0.1) is 0 Å². The molecular formula is C12H26O4. The van der Waals surface area contributed by atoms with Crippen LogP contribution in [0.15, 0.2) is 0 Å². The van der Waals surface area contributed by atoms with Crippen molar-refractivity contribution < 1.29 is 18.9 Å². The SMILES string of the molecule is CCOCCOCCCCOCCOCC. The van der Waals surface area contributed by atoms with Crippen LogP contribution in [0.5, 0.6) is 0 Å². The van der Waals surface area contributed by atoms with Crippen LogP contribution in [0.4, 0.5) is 0 Å². The fourth-order valence-corrected chi connectivity index (χ4v) is 1.14. The van der Waals surface area contributed by atoms with E-state index in [1.165, 1.54) is 0 Å². The lowest BCUT2D eigenvalue weighted by molar-refractivity contribution is 0.0378. The first-order valence-corrected chi connectivity index (χ1v) is 6.22. The van der Waals surface area contributed by atoms with Gasteiger partial charge in [-0.25, -0.2) is 0 Å². The van der Waals surface area contributed by atoms with Gasteiger partial charge in [0.1, 0.15) is 0 Å². The Kier molecular flexibility index (Phi) is 14.7. The minimum atomic E-state index is 0.693. The monoisotopic (exact) mass is 234 g/mol. The molecule has 0 fully saturated rings. The van der Waals surface area contributed by atoms with Gasteiger partial charge in [0.05, 0.1) is 26.4 Å². The number of hydrogen-bond acceptors (Lipinski definition) is 4. The first kappa shape index (κ1) is 15.8. The Hall–Kier alpha value is -0.160. The molecule has 0 aromatic carbocycles. The molecule has 0 saturated heterocycles. The van der Waals surface area contributed by atoms with Gasteiger partial charge in [-0.05, 0) is 26.7 Å². The third-order valence-corrected chi connectivity index (χ3v) is 1.98. The molecule has 0 spiro atoms. The van der Waals surface area contributed by atoms with E-state index in [1.807, 2.05) is 13.8 Å². The summed E-state index contributed by atoms with van der Waals surface area (Å²) in [6.45, 7) is 9.86. The van der Waals surface area contributed by atoms with Crippen LogP contribution >= 0.6 is 0 Å². The van der Waals surface area contributed by atoms with Crippen molar-refractivity contribution in [2.24, 2.45) is 0 Å². The lowest BCUT2D eigenvalue weighted by Gasteiger charge is -2.05. The fourth-order valence-electron chi connectivity index (χ4n) is 1.14. The lowest BCUT2D eigenvalue weighted by Crippen LogP contribution is -2.07. The Balaban J connectivity index is 2.83. The summed E-state index contributed by atoms with van der Waals surface area (Å²) >= 11 is 0. The van der Waals surface area contributed by atoms with Gasteiger partial charge in [0.2, 0.25) is 0 Å². The summed E-state index contributed by atoms with van der Waals surface area (Å²) in [4.78, 5) is 0. The highest BCUT2D eigenvalue weighted by atomic mass is 16.5. The van der Waals surface area contributed by atoms with E-state index < -0.39 is 0 Å². The maximum atomic E-state index is 5.38. The molecule has 0 heterocycles. The van der Waals surface area contributed by atoms with Crippen molar-refractivity contribution in [3.8, 4) is 0 Å². The van der Waals surface area contributed by atoms with Crippen LogP contribution in [0, 0.1) is 0 Å². The maximum absolute atomic E-state index is 5.38. The number of unbranched alkanes of at least 4 members (excludes halogenated alkanes) is 1. The van der Waals surface area contributed by atoms with Gasteiger partial charge in [-0.3, -0.25) is 0 Å². The zero-order valence-corrected chi connectivity index (χ0v) is 10.7.